The smallest absolute Gasteiger partial charge is 0.239 e. The number of nitrogens with one attached hydrogen (secondary N) is 2. The van der Waals surface area contributed by atoms with Crippen molar-refractivity contribution in [3.05, 3.63) is 35.4 Å². The van der Waals surface area contributed by atoms with Gasteiger partial charge in [-0.1, -0.05) is 31.2 Å². The van der Waals surface area contributed by atoms with Crippen LogP contribution in [-0.2, 0) is 27.2 Å². The van der Waals surface area contributed by atoms with E-state index in [0.29, 0.717) is 26.0 Å². The second-order valence-electron chi connectivity index (χ2n) is 4.79. The number of ether oxygens (including phenoxy) is 1. The maximum Gasteiger partial charge on any atom is 0.239 e. The Hall–Kier alpha value is -1.88. The molecular formula is C16H24N2O3. The molecule has 2 amide bonds. The van der Waals surface area contributed by atoms with Crippen LogP contribution in [0.2, 0.25) is 0 Å². The first-order valence-electron chi connectivity index (χ1n) is 7.25. The molecule has 116 valence electrons. The van der Waals surface area contributed by atoms with Crippen LogP contribution >= 0.6 is 0 Å². The van der Waals surface area contributed by atoms with Crippen LogP contribution in [0, 0.1) is 0 Å². The van der Waals surface area contributed by atoms with E-state index in [1.807, 2.05) is 12.1 Å². The number of methoxy groups -OCH3 is 1. The van der Waals surface area contributed by atoms with E-state index in [4.69, 9.17) is 4.74 Å². The Morgan fingerprint density at radius 1 is 1.05 bits per heavy atom. The highest BCUT2D eigenvalue weighted by molar-refractivity contribution is 5.84. The van der Waals surface area contributed by atoms with Crippen molar-refractivity contribution in [2.24, 2.45) is 0 Å². The standard InChI is InChI=1S/C16H24N2O3/c1-3-13-4-6-14(7-5-13)8-9-15(19)18-12-16(20)17-10-11-21-2/h4-7H,3,8-12H2,1-2H3,(H,17,20)(H,18,19). The topological polar surface area (TPSA) is 67.4 Å². The van der Waals surface area contributed by atoms with Gasteiger partial charge in [0.15, 0.2) is 0 Å². The minimum Gasteiger partial charge on any atom is -0.383 e. The molecule has 0 aliphatic rings. The highest BCUT2D eigenvalue weighted by atomic mass is 16.5. The minimum atomic E-state index is -0.201. The zero-order valence-corrected chi connectivity index (χ0v) is 12.8. The summed E-state index contributed by atoms with van der Waals surface area (Å²) >= 11 is 0. The molecule has 0 aromatic heterocycles. The summed E-state index contributed by atoms with van der Waals surface area (Å²) in [5.41, 5.74) is 2.42. The quantitative estimate of drug-likeness (QED) is 0.669. The van der Waals surface area contributed by atoms with E-state index in [1.54, 1.807) is 7.11 Å². The predicted molar refractivity (Wildman–Crippen MR) is 82.0 cm³/mol. The highest BCUT2D eigenvalue weighted by Gasteiger charge is 2.05. The average molecular weight is 292 g/mol. The molecule has 5 nitrogen and oxygen atoms in total. The van der Waals surface area contributed by atoms with Gasteiger partial charge in [0.1, 0.15) is 0 Å². The highest BCUT2D eigenvalue weighted by Crippen LogP contribution is 2.07. The van der Waals surface area contributed by atoms with Crippen LogP contribution in [0.15, 0.2) is 24.3 Å². The fraction of sp³-hybridized carbons (Fsp3) is 0.500. The van der Waals surface area contributed by atoms with E-state index in [1.165, 1.54) is 5.56 Å². The van der Waals surface area contributed by atoms with Gasteiger partial charge in [0.05, 0.1) is 13.2 Å². The molecule has 0 spiro atoms. The summed E-state index contributed by atoms with van der Waals surface area (Å²) in [7, 11) is 1.57. The molecule has 2 N–H and O–H groups in total. The molecule has 1 aromatic rings. The number of benzene rings is 1. The normalized spacial score (nSPS) is 10.2. The van der Waals surface area contributed by atoms with Crippen molar-refractivity contribution in [1.82, 2.24) is 10.6 Å². The van der Waals surface area contributed by atoms with Crippen LogP contribution < -0.4 is 10.6 Å². The van der Waals surface area contributed by atoms with Gasteiger partial charge >= 0.3 is 0 Å². The first-order chi connectivity index (χ1) is 10.2. The van der Waals surface area contributed by atoms with Crippen LogP contribution in [0.3, 0.4) is 0 Å². The zero-order chi connectivity index (χ0) is 15.5. The summed E-state index contributed by atoms with van der Waals surface area (Å²) in [5, 5.41) is 5.26. The Morgan fingerprint density at radius 3 is 2.33 bits per heavy atom. The first-order valence-corrected chi connectivity index (χ1v) is 7.25. The molecule has 21 heavy (non-hydrogen) atoms. The molecule has 0 heterocycles. The third-order valence-corrected chi connectivity index (χ3v) is 3.15. The van der Waals surface area contributed by atoms with Crippen molar-refractivity contribution >= 4 is 11.8 Å². The largest absolute Gasteiger partial charge is 0.383 e. The van der Waals surface area contributed by atoms with Gasteiger partial charge in [-0.05, 0) is 24.0 Å². The molecule has 1 aromatic carbocycles. The van der Waals surface area contributed by atoms with E-state index < -0.39 is 0 Å². The maximum atomic E-state index is 11.7. The van der Waals surface area contributed by atoms with E-state index in [9.17, 15) is 9.59 Å². The summed E-state index contributed by atoms with van der Waals surface area (Å²) < 4.78 is 4.82. The monoisotopic (exact) mass is 292 g/mol. The molecule has 5 heteroatoms. The summed E-state index contributed by atoms with van der Waals surface area (Å²) in [6, 6.07) is 8.25. The Balaban J connectivity index is 2.19. The van der Waals surface area contributed by atoms with Crippen LogP contribution in [0.1, 0.15) is 24.5 Å². The van der Waals surface area contributed by atoms with Crippen LogP contribution in [-0.4, -0.2) is 38.6 Å². The Kier molecular flexibility index (Phi) is 8.12. The maximum absolute atomic E-state index is 11.7. The number of carbonyl (C=O) groups is 2. The molecule has 0 bridgehead atoms. The molecule has 0 fully saturated rings. The lowest BCUT2D eigenvalue weighted by atomic mass is 10.1. The molecule has 0 radical (unpaired) electrons. The average Bonchev–Trinajstić information content (AvgIpc) is 2.51. The van der Waals surface area contributed by atoms with Gasteiger partial charge in [-0.15, -0.1) is 0 Å². The summed E-state index contributed by atoms with van der Waals surface area (Å²) in [6.45, 7) is 3.04. The van der Waals surface area contributed by atoms with Crippen LogP contribution in [0.4, 0.5) is 0 Å². The number of hydrogen-bond acceptors (Lipinski definition) is 3. The van der Waals surface area contributed by atoms with Crippen LogP contribution in [0.25, 0.3) is 0 Å². The SMILES string of the molecule is CCc1ccc(CCC(=O)NCC(=O)NCCOC)cc1. The second kappa shape index (κ2) is 9.94. The Labute approximate surface area is 126 Å². The van der Waals surface area contributed by atoms with Crippen LogP contribution in [0.5, 0.6) is 0 Å². The third kappa shape index (κ3) is 7.46. The first kappa shape index (κ1) is 17.2. The van der Waals surface area contributed by atoms with Crippen molar-refractivity contribution in [2.75, 3.05) is 26.8 Å². The lowest BCUT2D eigenvalue weighted by Gasteiger charge is -2.07. The van der Waals surface area contributed by atoms with Gasteiger partial charge in [0, 0.05) is 20.1 Å². The summed E-state index contributed by atoms with van der Waals surface area (Å²) in [6.07, 6.45) is 2.08. The molecule has 0 atom stereocenters. The van der Waals surface area contributed by atoms with Crippen molar-refractivity contribution in [1.29, 1.82) is 0 Å². The molecular weight excluding hydrogens is 268 g/mol. The Bertz CT molecular complexity index is 443. The number of amides is 2. The second-order valence-corrected chi connectivity index (χ2v) is 4.79. The third-order valence-electron chi connectivity index (χ3n) is 3.15. The van der Waals surface area contributed by atoms with Gasteiger partial charge < -0.3 is 15.4 Å². The number of carbonyl (C=O) groups excluding carboxylic acids is 2. The molecule has 0 unspecified atom stereocenters. The van der Waals surface area contributed by atoms with Gasteiger partial charge in [-0.2, -0.15) is 0 Å². The van der Waals surface area contributed by atoms with E-state index >= 15 is 0 Å². The van der Waals surface area contributed by atoms with Gasteiger partial charge in [0.25, 0.3) is 0 Å². The fourth-order valence-corrected chi connectivity index (χ4v) is 1.82. The lowest BCUT2D eigenvalue weighted by molar-refractivity contribution is -0.126. The van der Waals surface area contributed by atoms with Gasteiger partial charge in [-0.25, -0.2) is 0 Å². The lowest BCUT2D eigenvalue weighted by Crippen LogP contribution is -2.38. The van der Waals surface area contributed by atoms with Gasteiger partial charge in [0.2, 0.25) is 11.8 Å². The number of rotatable bonds is 9. The van der Waals surface area contributed by atoms with Crippen molar-refractivity contribution in [3.63, 3.8) is 0 Å². The molecule has 0 aliphatic carbocycles. The molecule has 0 aliphatic heterocycles. The van der Waals surface area contributed by atoms with Crippen molar-refractivity contribution in [3.8, 4) is 0 Å². The van der Waals surface area contributed by atoms with E-state index in [-0.39, 0.29) is 18.4 Å². The van der Waals surface area contributed by atoms with E-state index in [2.05, 4.69) is 29.7 Å². The summed E-state index contributed by atoms with van der Waals surface area (Å²) in [4.78, 5) is 23.0. The van der Waals surface area contributed by atoms with Crippen molar-refractivity contribution < 1.29 is 14.3 Å². The Morgan fingerprint density at radius 2 is 1.71 bits per heavy atom. The number of aryl methyl sites for hydroxylation is 2. The van der Waals surface area contributed by atoms with E-state index in [0.717, 1.165) is 12.0 Å². The predicted octanol–water partition coefficient (Wildman–Crippen LogP) is 1.06. The van der Waals surface area contributed by atoms with Gasteiger partial charge in [-0.3, -0.25) is 9.59 Å². The molecule has 1 rings (SSSR count). The summed E-state index contributed by atoms with van der Waals surface area (Å²) in [5.74, 6) is -0.316. The van der Waals surface area contributed by atoms with Crippen molar-refractivity contribution in [2.45, 2.75) is 26.2 Å². The molecule has 0 saturated heterocycles. The molecule has 0 saturated carbocycles. The minimum absolute atomic E-state index is 0.0112. The number of hydrogen-bond donors (Lipinski definition) is 2. The zero-order valence-electron chi connectivity index (χ0n) is 12.8. The fourth-order valence-electron chi connectivity index (χ4n) is 1.82.